The molecule has 0 aromatic heterocycles. The SMILES string of the molecule is CCC1CC1(N)C12CC3CC(C)(CC(C)(C3)C1)C2. The maximum Gasteiger partial charge on any atom is 0.0244 e. The highest BCUT2D eigenvalue weighted by molar-refractivity contribution is 5.25. The highest BCUT2D eigenvalue weighted by atomic mass is 14.9. The Morgan fingerprint density at radius 2 is 1.56 bits per heavy atom. The van der Waals surface area contributed by atoms with E-state index in [1.54, 1.807) is 0 Å². The molecule has 5 saturated carbocycles. The van der Waals surface area contributed by atoms with Crippen molar-refractivity contribution in [3.8, 4) is 0 Å². The largest absolute Gasteiger partial charge is 0.324 e. The van der Waals surface area contributed by atoms with Crippen LogP contribution in [0.25, 0.3) is 0 Å². The second kappa shape index (κ2) is 3.00. The summed E-state index contributed by atoms with van der Waals surface area (Å²) in [4.78, 5) is 0. The number of nitrogens with two attached hydrogens (primary N) is 1. The van der Waals surface area contributed by atoms with Crippen molar-refractivity contribution in [2.45, 2.75) is 77.7 Å². The van der Waals surface area contributed by atoms with Gasteiger partial charge in [-0.1, -0.05) is 27.2 Å². The van der Waals surface area contributed by atoms with Crippen molar-refractivity contribution >= 4 is 0 Å². The number of rotatable bonds is 2. The van der Waals surface area contributed by atoms with Crippen LogP contribution >= 0.6 is 0 Å². The van der Waals surface area contributed by atoms with Crippen molar-refractivity contribution in [2.24, 2.45) is 33.8 Å². The molecule has 0 saturated heterocycles. The monoisotopic (exact) mass is 247 g/mol. The van der Waals surface area contributed by atoms with Gasteiger partial charge in [0.05, 0.1) is 0 Å². The predicted molar refractivity (Wildman–Crippen MR) is 75.2 cm³/mol. The Bertz CT molecular complexity index is 382. The Morgan fingerprint density at radius 3 is 2.00 bits per heavy atom. The molecule has 102 valence electrons. The second-order valence-corrected chi connectivity index (χ2v) is 9.26. The van der Waals surface area contributed by atoms with E-state index >= 15 is 0 Å². The third-order valence-electron chi connectivity index (χ3n) is 7.26. The lowest BCUT2D eigenvalue weighted by Crippen LogP contribution is -2.62. The van der Waals surface area contributed by atoms with E-state index in [9.17, 15) is 0 Å². The van der Waals surface area contributed by atoms with Crippen LogP contribution in [-0.4, -0.2) is 5.54 Å². The van der Waals surface area contributed by atoms with Gasteiger partial charge in [0.1, 0.15) is 0 Å². The fourth-order valence-electron chi connectivity index (χ4n) is 7.47. The molecule has 4 bridgehead atoms. The van der Waals surface area contributed by atoms with Gasteiger partial charge in [-0.3, -0.25) is 0 Å². The van der Waals surface area contributed by atoms with Crippen LogP contribution in [0.3, 0.4) is 0 Å². The highest BCUT2D eigenvalue weighted by Crippen LogP contribution is 2.75. The molecular weight excluding hydrogens is 218 g/mol. The minimum absolute atomic E-state index is 0.226. The van der Waals surface area contributed by atoms with E-state index in [0.29, 0.717) is 16.2 Å². The average molecular weight is 247 g/mol. The third-order valence-corrected chi connectivity index (χ3v) is 7.26. The van der Waals surface area contributed by atoms with Gasteiger partial charge in [-0.25, -0.2) is 0 Å². The first kappa shape index (κ1) is 11.8. The summed E-state index contributed by atoms with van der Waals surface area (Å²) >= 11 is 0. The maximum absolute atomic E-state index is 6.92. The molecule has 18 heavy (non-hydrogen) atoms. The zero-order valence-electron chi connectivity index (χ0n) is 12.4. The molecule has 1 nitrogen and oxygen atoms in total. The van der Waals surface area contributed by atoms with Crippen molar-refractivity contribution < 1.29 is 0 Å². The number of hydrogen-bond acceptors (Lipinski definition) is 1. The van der Waals surface area contributed by atoms with Gasteiger partial charge in [-0.15, -0.1) is 0 Å². The van der Waals surface area contributed by atoms with Gasteiger partial charge in [0, 0.05) is 5.54 Å². The van der Waals surface area contributed by atoms with Gasteiger partial charge in [0.15, 0.2) is 0 Å². The fourth-order valence-corrected chi connectivity index (χ4v) is 7.47. The molecule has 0 aromatic rings. The first-order valence-corrected chi connectivity index (χ1v) is 8.11. The summed E-state index contributed by atoms with van der Waals surface area (Å²) in [5.41, 5.74) is 8.92. The van der Waals surface area contributed by atoms with Crippen molar-refractivity contribution in [3.05, 3.63) is 0 Å². The average Bonchev–Trinajstić information content (AvgIpc) is 2.86. The first-order valence-electron chi connectivity index (χ1n) is 8.11. The molecule has 0 amide bonds. The lowest BCUT2D eigenvalue weighted by Gasteiger charge is -2.67. The highest BCUT2D eigenvalue weighted by Gasteiger charge is 2.71. The normalized spacial score (nSPS) is 65.3. The maximum atomic E-state index is 6.92. The molecule has 0 spiro atoms. The lowest BCUT2D eigenvalue weighted by atomic mass is 9.38. The minimum Gasteiger partial charge on any atom is -0.324 e. The summed E-state index contributed by atoms with van der Waals surface area (Å²) in [6.45, 7) is 7.47. The van der Waals surface area contributed by atoms with Gasteiger partial charge < -0.3 is 5.73 Å². The molecule has 0 radical (unpaired) electrons. The molecule has 0 heterocycles. The Hall–Kier alpha value is -0.0400. The van der Waals surface area contributed by atoms with Crippen LogP contribution in [-0.2, 0) is 0 Å². The van der Waals surface area contributed by atoms with Crippen molar-refractivity contribution in [3.63, 3.8) is 0 Å². The molecule has 4 atom stereocenters. The van der Waals surface area contributed by atoms with Crippen LogP contribution in [0.2, 0.25) is 0 Å². The van der Waals surface area contributed by atoms with E-state index in [1.807, 2.05) is 0 Å². The van der Waals surface area contributed by atoms with Gasteiger partial charge in [0.25, 0.3) is 0 Å². The zero-order valence-corrected chi connectivity index (χ0v) is 12.4. The van der Waals surface area contributed by atoms with Gasteiger partial charge >= 0.3 is 0 Å². The molecule has 4 unspecified atom stereocenters. The van der Waals surface area contributed by atoms with E-state index in [1.165, 1.54) is 51.4 Å². The molecule has 5 aliphatic carbocycles. The van der Waals surface area contributed by atoms with Gasteiger partial charge in [-0.05, 0) is 73.0 Å². The van der Waals surface area contributed by atoms with E-state index in [2.05, 4.69) is 20.8 Å². The quantitative estimate of drug-likeness (QED) is 0.781. The summed E-state index contributed by atoms with van der Waals surface area (Å²) in [6.07, 6.45) is 11.4. The molecule has 1 heteroatoms. The molecule has 5 fully saturated rings. The Kier molecular flexibility index (Phi) is 1.96. The summed E-state index contributed by atoms with van der Waals surface area (Å²) in [7, 11) is 0. The second-order valence-electron chi connectivity index (χ2n) is 9.26. The van der Waals surface area contributed by atoms with Crippen LogP contribution in [0.4, 0.5) is 0 Å². The Morgan fingerprint density at radius 1 is 0.944 bits per heavy atom. The molecule has 0 aromatic carbocycles. The predicted octanol–water partition coefficient (Wildman–Crippen LogP) is 4.11. The molecule has 5 rings (SSSR count). The third kappa shape index (κ3) is 1.27. The molecular formula is C17H29N. The molecule has 5 aliphatic rings. The number of hydrogen-bond donors (Lipinski definition) is 1. The first-order chi connectivity index (χ1) is 8.32. The van der Waals surface area contributed by atoms with Crippen LogP contribution in [0.5, 0.6) is 0 Å². The minimum atomic E-state index is 0.226. The van der Waals surface area contributed by atoms with Crippen molar-refractivity contribution in [2.75, 3.05) is 0 Å². The van der Waals surface area contributed by atoms with E-state index in [0.717, 1.165) is 11.8 Å². The van der Waals surface area contributed by atoms with E-state index < -0.39 is 0 Å². The fraction of sp³-hybridized carbons (Fsp3) is 1.00. The van der Waals surface area contributed by atoms with E-state index in [4.69, 9.17) is 5.73 Å². The Balaban J connectivity index is 1.74. The summed E-state index contributed by atoms with van der Waals surface area (Å²) < 4.78 is 0. The smallest absolute Gasteiger partial charge is 0.0244 e. The van der Waals surface area contributed by atoms with Crippen LogP contribution in [0.1, 0.15) is 72.1 Å². The molecule has 0 aliphatic heterocycles. The van der Waals surface area contributed by atoms with Crippen molar-refractivity contribution in [1.29, 1.82) is 0 Å². The topological polar surface area (TPSA) is 26.0 Å². The summed E-state index contributed by atoms with van der Waals surface area (Å²) in [6, 6.07) is 0. The Labute approximate surface area is 112 Å². The van der Waals surface area contributed by atoms with Gasteiger partial charge in [-0.2, -0.15) is 0 Å². The van der Waals surface area contributed by atoms with Crippen LogP contribution < -0.4 is 5.73 Å². The zero-order chi connectivity index (χ0) is 12.8. The van der Waals surface area contributed by atoms with Crippen molar-refractivity contribution in [1.82, 2.24) is 0 Å². The van der Waals surface area contributed by atoms with E-state index in [-0.39, 0.29) is 5.54 Å². The molecule has 2 N–H and O–H groups in total. The summed E-state index contributed by atoms with van der Waals surface area (Å²) in [5, 5.41) is 0. The van der Waals surface area contributed by atoms with Crippen LogP contribution in [0, 0.1) is 28.1 Å². The lowest BCUT2D eigenvalue weighted by molar-refractivity contribution is -0.160. The van der Waals surface area contributed by atoms with Gasteiger partial charge in [0.2, 0.25) is 0 Å². The van der Waals surface area contributed by atoms with Crippen LogP contribution in [0.15, 0.2) is 0 Å². The standard InChI is InChI=1S/C17H29N/c1-4-13-8-17(13,18)16-7-12-5-14(2,10-16)9-15(3,6-12)11-16/h12-13H,4-11,18H2,1-3H3. The summed E-state index contributed by atoms with van der Waals surface area (Å²) in [5.74, 6) is 1.83.